The van der Waals surface area contributed by atoms with Crippen LogP contribution < -0.4 is 0 Å². The number of carbonyl (C=O) groups excluding carboxylic acids is 1. The molecule has 0 saturated carbocycles. The summed E-state index contributed by atoms with van der Waals surface area (Å²) in [7, 11) is 0. The minimum absolute atomic E-state index is 0.0293. The van der Waals surface area contributed by atoms with Crippen molar-refractivity contribution in [2.24, 2.45) is 0 Å². The highest BCUT2D eigenvalue weighted by Crippen LogP contribution is 2.41. The summed E-state index contributed by atoms with van der Waals surface area (Å²) in [4.78, 5) is 13.5. The first-order valence-electron chi connectivity index (χ1n) is 6.82. The molecule has 1 fully saturated rings. The minimum Gasteiger partial charge on any atom is -0.463 e. The molecular weight excluding hydrogens is 344 g/mol. The minimum atomic E-state index is -2.64. The van der Waals surface area contributed by atoms with Gasteiger partial charge in [0.05, 0.1) is 6.61 Å². The molecule has 1 heterocycles. The molecule has 1 aliphatic heterocycles. The van der Waals surface area contributed by atoms with E-state index in [4.69, 9.17) is 4.74 Å². The molecule has 0 radical (unpaired) electrons. The molecule has 2 rings (SSSR count). The van der Waals surface area contributed by atoms with E-state index in [1.807, 2.05) is 30.3 Å². The number of rotatable bonds is 5. The van der Waals surface area contributed by atoms with E-state index in [0.717, 1.165) is 5.56 Å². The Hall–Kier alpha value is -1.01. The Kier molecular flexibility index (Phi) is 4.99. The van der Waals surface area contributed by atoms with Crippen LogP contribution in [0.15, 0.2) is 30.3 Å². The van der Waals surface area contributed by atoms with Gasteiger partial charge >= 0.3 is 5.97 Å². The maximum atomic E-state index is 15.0. The van der Waals surface area contributed by atoms with Gasteiger partial charge in [-0.2, -0.15) is 0 Å². The molecule has 2 atom stereocenters. The van der Waals surface area contributed by atoms with Crippen LogP contribution in [0.3, 0.4) is 0 Å². The van der Waals surface area contributed by atoms with E-state index >= 15 is 0 Å². The van der Waals surface area contributed by atoms with Gasteiger partial charge in [0.15, 0.2) is 5.67 Å². The molecule has 0 aliphatic carbocycles. The third kappa shape index (κ3) is 3.11. The van der Waals surface area contributed by atoms with Crippen LogP contribution in [-0.2, 0) is 16.1 Å². The van der Waals surface area contributed by atoms with Gasteiger partial charge in [-0.05, 0) is 12.5 Å². The van der Waals surface area contributed by atoms with Crippen LogP contribution in [0.25, 0.3) is 0 Å². The zero-order valence-electron chi connectivity index (χ0n) is 11.8. The second-order valence-electron chi connectivity index (χ2n) is 5.25. The summed E-state index contributed by atoms with van der Waals surface area (Å²) in [5.74, 6) is -1.12. The summed E-state index contributed by atoms with van der Waals surface area (Å²) in [6.07, 6.45) is 0. The Morgan fingerprint density at radius 3 is 2.57 bits per heavy atom. The molecule has 0 N–H and O–H groups in total. The number of hydrogen-bond acceptors (Lipinski definition) is 3. The molecule has 116 valence electrons. The normalized spacial score (nSPS) is 29.5. The van der Waals surface area contributed by atoms with Crippen molar-refractivity contribution in [2.75, 3.05) is 25.0 Å². The molecule has 1 aliphatic rings. The van der Waals surface area contributed by atoms with E-state index in [0.29, 0.717) is 6.54 Å². The molecule has 3 nitrogen and oxygen atoms in total. The lowest BCUT2D eigenvalue weighted by atomic mass is 9.91. The van der Waals surface area contributed by atoms with Crippen molar-refractivity contribution in [3.8, 4) is 0 Å². The molecule has 1 aromatic rings. The second kappa shape index (κ2) is 6.40. The third-order valence-corrected chi connectivity index (χ3v) is 4.57. The smallest absolute Gasteiger partial charge is 0.348 e. The lowest BCUT2D eigenvalue weighted by molar-refractivity contribution is -0.164. The number of likely N-dealkylation sites (tertiary alicyclic amines) is 1. The topological polar surface area (TPSA) is 29.5 Å². The van der Waals surface area contributed by atoms with Crippen LogP contribution in [-0.4, -0.2) is 47.2 Å². The Morgan fingerprint density at radius 1 is 1.33 bits per heavy atom. The van der Waals surface area contributed by atoms with E-state index in [1.54, 1.807) is 11.8 Å². The Labute approximate surface area is 131 Å². The number of nitrogens with zero attached hydrogens (tertiary/aromatic N) is 1. The van der Waals surface area contributed by atoms with E-state index in [1.165, 1.54) is 0 Å². The standard InChI is InChI=1S/C15H18BrF2NO2/c1-2-21-13(20)15(18)11-19(10-14(15,17)9-16)8-12-6-4-3-5-7-12/h3-7H,2,8-11H2,1H3/t14-,15-/m0/s1. The fourth-order valence-electron chi connectivity index (χ4n) is 2.58. The molecule has 21 heavy (non-hydrogen) atoms. The highest BCUT2D eigenvalue weighted by molar-refractivity contribution is 9.09. The first-order chi connectivity index (χ1) is 9.95. The molecule has 1 aromatic carbocycles. The van der Waals surface area contributed by atoms with Crippen molar-refractivity contribution in [3.05, 3.63) is 35.9 Å². The molecular formula is C15H18BrF2NO2. The second-order valence-corrected chi connectivity index (χ2v) is 5.81. The SMILES string of the molecule is CCOC(=O)[C@@]1(F)CN(Cc2ccccc2)C[C@@]1(F)CBr. The average molecular weight is 362 g/mol. The molecule has 0 bridgehead atoms. The van der Waals surface area contributed by atoms with Crippen molar-refractivity contribution in [2.45, 2.75) is 24.8 Å². The zero-order chi connectivity index (χ0) is 15.5. The summed E-state index contributed by atoms with van der Waals surface area (Å²) >= 11 is 2.99. The van der Waals surface area contributed by atoms with Crippen LogP contribution >= 0.6 is 15.9 Å². The van der Waals surface area contributed by atoms with Crippen LogP contribution in [0.2, 0.25) is 0 Å². The highest BCUT2D eigenvalue weighted by atomic mass is 79.9. The van der Waals surface area contributed by atoms with Gasteiger partial charge in [-0.3, -0.25) is 4.90 Å². The monoisotopic (exact) mass is 361 g/mol. The van der Waals surface area contributed by atoms with Crippen molar-refractivity contribution in [1.29, 1.82) is 0 Å². The van der Waals surface area contributed by atoms with Gasteiger partial charge in [0.25, 0.3) is 5.67 Å². The Bertz CT molecular complexity index is 502. The quantitative estimate of drug-likeness (QED) is 0.596. The molecule has 0 unspecified atom stereocenters. The molecule has 0 aromatic heterocycles. The van der Waals surface area contributed by atoms with Gasteiger partial charge in [-0.25, -0.2) is 13.6 Å². The van der Waals surface area contributed by atoms with E-state index in [2.05, 4.69) is 15.9 Å². The summed E-state index contributed by atoms with van der Waals surface area (Å²) in [6.45, 7) is 1.55. The van der Waals surface area contributed by atoms with Gasteiger partial charge in [0.2, 0.25) is 0 Å². The number of hydrogen-bond donors (Lipinski definition) is 0. The predicted octanol–water partition coefficient (Wildman–Crippen LogP) is 2.88. The molecule has 1 saturated heterocycles. The maximum absolute atomic E-state index is 15.0. The van der Waals surface area contributed by atoms with Crippen LogP contribution in [0.4, 0.5) is 8.78 Å². The van der Waals surface area contributed by atoms with Gasteiger partial charge in [0, 0.05) is 25.0 Å². The summed E-state index contributed by atoms with van der Waals surface area (Å²) < 4.78 is 34.5. The number of ether oxygens (including phenoxy) is 1. The lowest BCUT2D eigenvalue weighted by Gasteiger charge is -2.28. The van der Waals surface area contributed by atoms with Crippen molar-refractivity contribution in [1.82, 2.24) is 4.90 Å². The fourth-order valence-corrected chi connectivity index (χ4v) is 3.20. The third-order valence-electron chi connectivity index (χ3n) is 3.69. The molecule has 6 heteroatoms. The average Bonchev–Trinajstić information content (AvgIpc) is 2.73. The first-order valence-corrected chi connectivity index (χ1v) is 7.94. The van der Waals surface area contributed by atoms with E-state index in [9.17, 15) is 13.6 Å². The van der Waals surface area contributed by atoms with Crippen LogP contribution in [0.5, 0.6) is 0 Å². The lowest BCUT2D eigenvalue weighted by Crippen LogP contribution is -2.54. The number of alkyl halides is 3. The predicted molar refractivity (Wildman–Crippen MR) is 79.8 cm³/mol. The largest absolute Gasteiger partial charge is 0.463 e. The van der Waals surface area contributed by atoms with E-state index < -0.39 is 17.3 Å². The molecule has 0 spiro atoms. The van der Waals surface area contributed by atoms with Crippen LogP contribution in [0, 0.1) is 0 Å². The Balaban J connectivity index is 2.17. The van der Waals surface area contributed by atoms with Gasteiger partial charge < -0.3 is 4.74 Å². The van der Waals surface area contributed by atoms with Gasteiger partial charge in [0.1, 0.15) is 0 Å². The van der Waals surface area contributed by atoms with Crippen molar-refractivity contribution >= 4 is 21.9 Å². The van der Waals surface area contributed by atoms with Crippen LogP contribution in [0.1, 0.15) is 12.5 Å². The summed E-state index contributed by atoms with van der Waals surface area (Å²) in [5, 5.41) is -0.249. The number of esters is 1. The summed E-state index contributed by atoms with van der Waals surface area (Å²) in [5.41, 5.74) is -3.97. The van der Waals surface area contributed by atoms with Crippen molar-refractivity contribution in [3.63, 3.8) is 0 Å². The number of carbonyl (C=O) groups is 1. The molecule has 0 amide bonds. The highest BCUT2D eigenvalue weighted by Gasteiger charge is 2.65. The zero-order valence-corrected chi connectivity index (χ0v) is 13.4. The summed E-state index contributed by atoms with van der Waals surface area (Å²) in [6, 6.07) is 9.38. The van der Waals surface area contributed by atoms with Gasteiger partial charge in [-0.15, -0.1) is 0 Å². The number of halogens is 3. The maximum Gasteiger partial charge on any atom is 0.348 e. The van der Waals surface area contributed by atoms with Crippen molar-refractivity contribution < 1.29 is 18.3 Å². The Morgan fingerprint density at radius 2 is 2.00 bits per heavy atom. The van der Waals surface area contributed by atoms with E-state index in [-0.39, 0.29) is 25.0 Å². The fraction of sp³-hybridized carbons (Fsp3) is 0.533. The van der Waals surface area contributed by atoms with Gasteiger partial charge in [-0.1, -0.05) is 46.3 Å². The number of benzene rings is 1. The first kappa shape index (κ1) is 16.4.